The molecule has 0 saturated heterocycles. The zero-order chi connectivity index (χ0) is 8.81. The van der Waals surface area contributed by atoms with E-state index in [2.05, 4.69) is 28.8 Å². The zero-order valence-electron chi connectivity index (χ0n) is 7.75. The van der Waals surface area contributed by atoms with Gasteiger partial charge in [0.25, 0.3) is 0 Å². The second-order valence-electron chi connectivity index (χ2n) is 2.78. The Hall–Kier alpha value is -0.990. The van der Waals surface area contributed by atoms with Crippen LogP contribution in [0.2, 0.25) is 0 Å². The van der Waals surface area contributed by atoms with Crippen molar-refractivity contribution in [1.29, 1.82) is 0 Å². The highest BCUT2D eigenvalue weighted by Gasteiger charge is 1.97. The van der Waals surface area contributed by atoms with Crippen molar-refractivity contribution >= 4 is 0 Å². The predicted molar refractivity (Wildman–Crippen MR) is 47.8 cm³/mol. The number of hydrogen-bond donors (Lipinski definition) is 0. The van der Waals surface area contributed by atoms with Crippen LogP contribution < -0.4 is 0 Å². The number of aromatic nitrogens is 3. The number of unbranched alkanes of at least 4 members (excludes halogenated alkanes) is 1. The van der Waals surface area contributed by atoms with E-state index in [4.69, 9.17) is 0 Å². The van der Waals surface area contributed by atoms with Gasteiger partial charge < -0.3 is 0 Å². The number of hydrogen-bond acceptors (Lipinski definition) is 3. The quantitative estimate of drug-likeness (QED) is 0.682. The van der Waals surface area contributed by atoms with Crippen molar-refractivity contribution in [2.75, 3.05) is 0 Å². The first-order valence-corrected chi connectivity index (χ1v) is 4.53. The van der Waals surface area contributed by atoms with E-state index in [0.29, 0.717) is 0 Å². The second-order valence-corrected chi connectivity index (χ2v) is 2.78. The monoisotopic (exact) mass is 165 g/mol. The highest BCUT2D eigenvalue weighted by atomic mass is 15.0. The first kappa shape index (κ1) is 9.10. The summed E-state index contributed by atoms with van der Waals surface area (Å²) in [5.41, 5.74) is 0. The van der Waals surface area contributed by atoms with Gasteiger partial charge in [0.2, 0.25) is 0 Å². The summed E-state index contributed by atoms with van der Waals surface area (Å²) in [7, 11) is 0. The molecule has 0 radical (unpaired) electrons. The van der Waals surface area contributed by atoms with Crippen LogP contribution in [0, 0.1) is 0 Å². The van der Waals surface area contributed by atoms with Gasteiger partial charge in [-0.1, -0.05) is 20.3 Å². The molecular formula is C9H15N3. The first-order valence-electron chi connectivity index (χ1n) is 4.53. The van der Waals surface area contributed by atoms with E-state index >= 15 is 0 Å². The Labute approximate surface area is 73.3 Å². The van der Waals surface area contributed by atoms with Crippen molar-refractivity contribution in [2.45, 2.75) is 39.5 Å². The Morgan fingerprint density at radius 2 is 1.92 bits per heavy atom. The molecule has 0 bridgehead atoms. The van der Waals surface area contributed by atoms with Crippen LogP contribution in [0.1, 0.15) is 38.3 Å². The second kappa shape index (κ2) is 4.80. The van der Waals surface area contributed by atoms with Crippen molar-refractivity contribution in [3.63, 3.8) is 0 Å². The van der Waals surface area contributed by atoms with Gasteiger partial charge >= 0.3 is 0 Å². The normalized spacial score (nSPS) is 10.2. The Bertz CT molecular complexity index is 235. The van der Waals surface area contributed by atoms with Crippen LogP contribution in [0.3, 0.4) is 0 Å². The SMILES string of the molecule is CCCCc1ncnc(CC)n1. The predicted octanol–water partition coefficient (Wildman–Crippen LogP) is 1.78. The summed E-state index contributed by atoms with van der Waals surface area (Å²) in [5, 5.41) is 0. The molecule has 1 rings (SSSR count). The third-order valence-electron chi connectivity index (χ3n) is 1.74. The lowest BCUT2D eigenvalue weighted by molar-refractivity contribution is 0.728. The maximum atomic E-state index is 4.31. The van der Waals surface area contributed by atoms with Crippen molar-refractivity contribution in [3.05, 3.63) is 18.0 Å². The van der Waals surface area contributed by atoms with Crippen molar-refractivity contribution in [2.24, 2.45) is 0 Å². The van der Waals surface area contributed by atoms with E-state index in [1.165, 1.54) is 6.42 Å². The molecule has 0 aliphatic rings. The van der Waals surface area contributed by atoms with E-state index in [1.54, 1.807) is 6.33 Å². The number of rotatable bonds is 4. The van der Waals surface area contributed by atoms with Gasteiger partial charge in [0.15, 0.2) is 0 Å². The van der Waals surface area contributed by atoms with Gasteiger partial charge in [0.1, 0.15) is 18.0 Å². The molecule has 0 spiro atoms. The van der Waals surface area contributed by atoms with Crippen molar-refractivity contribution < 1.29 is 0 Å². The van der Waals surface area contributed by atoms with E-state index in [9.17, 15) is 0 Å². The summed E-state index contributed by atoms with van der Waals surface area (Å²) in [6.45, 7) is 4.22. The van der Waals surface area contributed by atoms with Crippen LogP contribution in [-0.2, 0) is 12.8 Å². The van der Waals surface area contributed by atoms with Crippen molar-refractivity contribution in [1.82, 2.24) is 15.0 Å². The minimum Gasteiger partial charge on any atom is -0.221 e. The van der Waals surface area contributed by atoms with E-state index in [-0.39, 0.29) is 0 Å². The maximum absolute atomic E-state index is 4.31. The molecule has 0 unspecified atom stereocenters. The van der Waals surface area contributed by atoms with Crippen LogP contribution in [0.25, 0.3) is 0 Å². The average molecular weight is 165 g/mol. The summed E-state index contributed by atoms with van der Waals surface area (Å²) in [5.74, 6) is 1.83. The third-order valence-corrected chi connectivity index (χ3v) is 1.74. The molecule has 0 amide bonds. The van der Waals surface area contributed by atoms with E-state index in [0.717, 1.165) is 30.9 Å². The summed E-state index contributed by atoms with van der Waals surface area (Å²) in [6, 6.07) is 0. The van der Waals surface area contributed by atoms with Gasteiger partial charge in [-0.3, -0.25) is 0 Å². The van der Waals surface area contributed by atoms with Crippen LogP contribution >= 0.6 is 0 Å². The minimum atomic E-state index is 0.891. The fraction of sp³-hybridized carbons (Fsp3) is 0.667. The smallest absolute Gasteiger partial charge is 0.132 e. The van der Waals surface area contributed by atoms with Gasteiger partial charge in [0, 0.05) is 12.8 Å². The Kier molecular flexibility index (Phi) is 3.64. The molecule has 3 heteroatoms. The van der Waals surface area contributed by atoms with Crippen LogP contribution in [0.4, 0.5) is 0 Å². The number of aryl methyl sites for hydroxylation is 2. The Morgan fingerprint density at radius 3 is 2.58 bits per heavy atom. The first-order chi connectivity index (χ1) is 5.86. The molecule has 1 aromatic rings. The molecule has 0 aliphatic heterocycles. The fourth-order valence-corrected chi connectivity index (χ4v) is 0.995. The zero-order valence-corrected chi connectivity index (χ0v) is 7.75. The molecule has 0 aliphatic carbocycles. The van der Waals surface area contributed by atoms with Gasteiger partial charge in [0.05, 0.1) is 0 Å². The molecule has 0 saturated carbocycles. The summed E-state index contributed by atoms with van der Waals surface area (Å²) < 4.78 is 0. The molecule has 1 aromatic heterocycles. The molecule has 0 atom stereocenters. The van der Waals surface area contributed by atoms with Gasteiger partial charge in [-0.25, -0.2) is 15.0 Å². The lowest BCUT2D eigenvalue weighted by atomic mass is 10.2. The maximum Gasteiger partial charge on any atom is 0.132 e. The molecule has 12 heavy (non-hydrogen) atoms. The highest BCUT2D eigenvalue weighted by Crippen LogP contribution is 1.98. The number of nitrogens with zero attached hydrogens (tertiary/aromatic N) is 3. The Morgan fingerprint density at radius 1 is 1.17 bits per heavy atom. The van der Waals surface area contributed by atoms with Crippen LogP contribution in [0.15, 0.2) is 6.33 Å². The lowest BCUT2D eigenvalue weighted by Gasteiger charge is -1.98. The lowest BCUT2D eigenvalue weighted by Crippen LogP contribution is -2.00. The summed E-state index contributed by atoms with van der Waals surface area (Å²) >= 11 is 0. The molecule has 66 valence electrons. The topological polar surface area (TPSA) is 38.7 Å². The average Bonchev–Trinajstić information content (AvgIpc) is 2.15. The molecular weight excluding hydrogens is 150 g/mol. The van der Waals surface area contributed by atoms with Gasteiger partial charge in [-0.2, -0.15) is 0 Å². The Balaban J connectivity index is 2.60. The standard InChI is InChI=1S/C9H15N3/c1-3-5-6-9-11-7-10-8(4-2)12-9/h7H,3-6H2,1-2H3. The van der Waals surface area contributed by atoms with Crippen LogP contribution in [-0.4, -0.2) is 15.0 Å². The van der Waals surface area contributed by atoms with Crippen molar-refractivity contribution in [3.8, 4) is 0 Å². The van der Waals surface area contributed by atoms with Crippen LogP contribution in [0.5, 0.6) is 0 Å². The molecule has 0 aromatic carbocycles. The molecule has 3 nitrogen and oxygen atoms in total. The largest absolute Gasteiger partial charge is 0.221 e. The molecule has 0 N–H and O–H groups in total. The summed E-state index contributed by atoms with van der Waals surface area (Å²) in [4.78, 5) is 12.5. The summed E-state index contributed by atoms with van der Waals surface area (Å²) in [6.07, 6.45) is 5.82. The minimum absolute atomic E-state index is 0.891. The third kappa shape index (κ3) is 2.57. The van der Waals surface area contributed by atoms with E-state index < -0.39 is 0 Å². The highest BCUT2D eigenvalue weighted by molar-refractivity contribution is 4.90. The van der Waals surface area contributed by atoms with Gasteiger partial charge in [-0.15, -0.1) is 0 Å². The fourth-order valence-electron chi connectivity index (χ4n) is 0.995. The molecule has 1 heterocycles. The molecule has 0 fully saturated rings. The van der Waals surface area contributed by atoms with Gasteiger partial charge in [-0.05, 0) is 6.42 Å². The van der Waals surface area contributed by atoms with E-state index in [1.807, 2.05) is 0 Å².